The van der Waals surface area contributed by atoms with Crippen LogP contribution >= 0.6 is 0 Å². The fourth-order valence-electron chi connectivity index (χ4n) is 4.90. The van der Waals surface area contributed by atoms with Crippen molar-refractivity contribution < 1.29 is 22.7 Å². The largest absolute Gasteiger partial charge is 0.497 e. The van der Waals surface area contributed by atoms with E-state index in [0.717, 1.165) is 25.7 Å². The van der Waals surface area contributed by atoms with Crippen molar-refractivity contribution >= 4 is 9.84 Å². The Morgan fingerprint density at radius 3 is 2.23 bits per heavy atom. The first-order valence-electron chi connectivity index (χ1n) is 11.1. The minimum absolute atomic E-state index is 0.0851. The van der Waals surface area contributed by atoms with Gasteiger partial charge in [0.1, 0.15) is 11.6 Å². The second-order valence-corrected chi connectivity index (χ2v) is 10.7. The van der Waals surface area contributed by atoms with E-state index in [0.29, 0.717) is 29.7 Å². The van der Waals surface area contributed by atoms with E-state index in [4.69, 9.17) is 4.74 Å². The lowest BCUT2D eigenvalue weighted by Gasteiger charge is -2.40. The summed E-state index contributed by atoms with van der Waals surface area (Å²) < 4.78 is 46.2. The first-order valence-corrected chi connectivity index (χ1v) is 12.8. The van der Waals surface area contributed by atoms with Crippen LogP contribution < -0.4 is 4.74 Å². The minimum atomic E-state index is -3.64. The maximum Gasteiger partial charge on any atom is 0.179 e. The van der Waals surface area contributed by atoms with Gasteiger partial charge in [0.05, 0.1) is 23.9 Å². The highest BCUT2D eigenvalue weighted by Gasteiger charge is 2.49. The van der Waals surface area contributed by atoms with E-state index in [1.165, 1.54) is 19.2 Å². The van der Waals surface area contributed by atoms with Crippen LogP contribution in [0.2, 0.25) is 0 Å². The Hall–Kier alpha value is -1.92. The van der Waals surface area contributed by atoms with Crippen LogP contribution in [0.5, 0.6) is 5.75 Å². The highest BCUT2D eigenvalue weighted by Crippen LogP contribution is 2.50. The van der Waals surface area contributed by atoms with Gasteiger partial charge in [0, 0.05) is 11.3 Å². The van der Waals surface area contributed by atoms with E-state index >= 15 is 0 Å². The number of aliphatic hydroxyl groups excluding tert-OH is 1. The van der Waals surface area contributed by atoms with Gasteiger partial charge in [-0.15, -0.1) is 0 Å². The number of sulfone groups is 1. The van der Waals surface area contributed by atoms with E-state index in [2.05, 4.69) is 13.8 Å². The van der Waals surface area contributed by atoms with Crippen LogP contribution in [0.4, 0.5) is 4.39 Å². The number of hydrogen-bond acceptors (Lipinski definition) is 4. The molecule has 170 valence electrons. The molecular weight excluding hydrogens is 415 g/mol. The van der Waals surface area contributed by atoms with Crippen LogP contribution in [0.1, 0.15) is 69.4 Å². The standard InChI is InChI=1S/C25H33FO4S/c1-4-6-14-25(15-7-5-2)17-31(28,29)22-13-12-20(30-3)16-21(22)23(24(25)27)18-8-10-19(26)11-9-18/h8-13,16,23-24,27H,4-7,14-15,17H2,1-3H3/t23-,24-/m1/s1. The summed E-state index contributed by atoms with van der Waals surface area (Å²) >= 11 is 0. The molecule has 0 saturated carbocycles. The molecule has 31 heavy (non-hydrogen) atoms. The van der Waals surface area contributed by atoms with Gasteiger partial charge in [-0.05, 0) is 54.3 Å². The molecule has 0 fully saturated rings. The Morgan fingerprint density at radius 1 is 1.06 bits per heavy atom. The molecule has 0 aliphatic carbocycles. The maximum absolute atomic E-state index is 13.7. The van der Waals surface area contributed by atoms with E-state index in [-0.39, 0.29) is 16.5 Å². The Morgan fingerprint density at radius 2 is 1.68 bits per heavy atom. The zero-order chi connectivity index (χ0) is 22.6. The zero-order valence-electron chi connectivity index (χ0n) is 18.6. The molecule has 0 amide bonds. The smallest absolute Gasteiger partial charge is 0.179 e. The Balaban J connectivity index is 2.28. The molecule has 1 N–H and O–H groups in total. The molecule has 4 nitrogen and oxygen atoms in total. The third-order valence-electron chi connectivity index (χ3n) is 6.59. The molecule has 1 aliphatic rings. The normalized spacial score (nSPS) is 21.8. The average Bonchev–Trinajstić information content (AvgIpc) is 2.83. The van der Waals surface area contributed by atoms with Crippen molar-refractivity contribution in [3.05, 3.63) is 59.4 Å². The van der Waals surface area contributed by atoms with Crippen molar-refractivity contribution in [1.29, 1.82) is 0 Å². The van der Waals surface area contributed by atoms with Crippen molar-refractivity contribution in [1.82, 2.24) is 0 Å². The van der Waals surface area contributed by atoms with Gasteiger partial charge in [-0.3, -0.25) is 0 Å². The van der Waals surface area contributed by atoms with Crippen molar-refractivity contribution in [2.75, 3.05) is 12.9 Å². The number of unbranched alkanes of at least 4 members (excludes halogenated alkanes) is 2. The van der Waals surface area contributed by atoms with Crippen LogP contribution in [0.25, 0.3) is 0 Å². The third kappa shape index (κ3) is 4.80. The number of hydrogen-bond donors (Lipinski definition) is 1. The van der Waals surface area contributed by atoms with Crippen molar-refractivity contribution in [2.45, 2.75) is 69.3 Å². The number of halogens is 1. The second-order valence-electron chi connectivity index (χ2n) is 8.71. The zero-order valence-corrected chi connectivity index (χ0v) is 19.4. The van der Waals surface area contributed by atoms with Gasteiger partial charge in [0.25, 0.3) is 0 Å². The summed E-state index contributed by atoms with van der Waals surface area (Å²) in [7, 11) is -2.11. The van der Waals surface area contributed by atoms with Crippen LogP contribution in [0, 0.1) is 11.2 Å². The lowest BCUT2D eigenvalue weighted by atomic mass is 9.68. The third-order valence-corrected chi connectivity index (χ3v) is 8.59. The molecule has 2 aromatic carbocycles. The second kappa shape index (κ2) is 9.70. The minimum Gasteiger partial charge on any atom is -0.497 e. The monoisotopic (exact) mass is 448 g/mol. The van der Waals surface area contributed by atoms with Crippen molar-refractivity contribution in [3.63, 3.8) is 0 Å². The van der Waals surface area contributed by atoms with E-state index in [9.17, 15) is 17.9 Å². The molecule has 0 spiro atoms. The molecule has 0 radical (unpaired) electrons. The molecule has 3 rings (SSSR count). The molecule has 0 aromatic heterocycles. The summed E-state index contributed by atoms with van der Waals surface area (Å²) in [6.07, 6.45) is 3.86. The predicted molar refractivity (Wildman–Crippen MR) is 121 cm³/mol. The van der Waals surface area contributed by atoms with E-state index in [1.54, 1.807) is 30.3 Å². The molecule has 1 heterocycles. The summed E-state index contributed by atoms with van der Waals surface area (Å²) in [4.78, 5) is 0.233. The van der Waals surface area contributed by atoms with Crippen LogP contribution in [0.15, 0.2) is 47.4 Å². The number of rotatable bonds is 8. The van der Waals surface area contributed by atoms with Crippen LogP contribution in [-0.2, 0) is 9.84 Å². The topological polar surface area (TPSA) is 63.6 Å². The van der Waals surface area contributed by atoms with Crippen LogP contribution in [0.3, 0.4) is 0 Å². The number of ether oxygens (including phenoxy) is 1. The Bertz CT molecular complexity index is 977. The molecule has 1 aliphatic heterocycles. The fraction of sp³-hybridized carbons (Fsp3) is 0.520. The molecule has 0 bridgehead atoms. The number of benzene rings is 2. The predicted octanol–water partition coefficient (Wildman–Crippen LogP) is 5.48. The first-order chi connectivity index (χ1) is 14.8. The van der Waals surface area contributed by atoms with E-state index < -0.39 is 27.3 Å². The van der Waals surface area contributed by atoms with E-state index in [1.807, 2.05) is 0 Å². The van der Waals surface area contributed by atoms with Gasteiger partial charge in [-0.2, -0.15) is 0 Å². The van der Waals surface area contributed by atoms with Gasteiger partial charge in [-0.1, -0.05) is 51.7 Å². The van der Waals surface area contributed by atoms with Crippen molar-refractivity contribution in [3.8, 4) is 5.75 Å². The number of aliphatic hydroxyl groups is 1. The maximum atomic E-state index is 13.7. The highest BCUT2D eigenvalue weighted by atomic mass is 32.2. The molecule has 0 saturated heterocycles. The lowest BCUT2D eigenvalue weighted by molar-refractivity contribution is 0.0126. The van der Waals surface area contributed by atoms with Crippen LogP contribution in [-0.4, -0.2) is 32.5 Å². The molecule has 6 heteroatoms. The van der Waals surface area contributed by atoms with Gasteiger partial charge < -0.3 is 9.84 Å². The Labute approximate surface area is 185 Å². The van der Waals surface area contributed by atoms with Gasteiger partial charge >= 0.3 is 0 Å². The van der Waals surface area contributed by atoms with Gasteiger partial charge in [0.2, 0.25) is 0 Å². The first kappa shape index (κ1) is 23.7. The highest BCUT2D eigenvalue weighted by molar-refractivity contribution is 7.91. The molecular formula is C25H33FO4S. The summed E-state index contributed by atoms with van der Waals surface area (Å²) in [5.74, 6) is -0.508. The summed E-state index contributed by atoms with van der Waals surface area (Å²) in [6.45, 7) is 4.14. The quantitative estimate of drug-likeness (QED) is 0.581. The average molecular weight is 449 g/mol. The fourth-order valence-corrected chi connectivity index (χ4v) is 7.09. The number of methoxy groups -OCH3 is 1. The van der Waals surface area contributed by atoms with Gasteiger partial charge in [-0.25, -0.2) is 12.8 Å². The number of fused-ring (bicyclic) bond motifs is 1. The molecule has 0 unspecified atom stereocenters. The molecule has 2 aromatic rings. The summed E-state index contributed by atoms with van der Waals surface area (Å²) in [6, 6.07) is 11.0. The van der Waals surface area contributed by atoms with Crippen molar-refractivity contribution in [2.24, 2.45) is 5.41 Å². The summed E-state index contributed by atoms with van der Waals surface area (Å²) in [5.41, 5.74) is 0.460. The SMILES string of the molecule is CCCCC1(CCCC)CS(=O)(=O)c2ccc(OC)cc2[C@@H](c2ccc(F)cc2)[C@H]1O. The van der Waals surface area contributed by atoms with Gasteiger partial charge in [0.15, 0.2) is 9.84 Å². The summed E-state index contributed by atoms with van der Waals surface area (Å²) in [5, 5.41) is 11.9. The molecule has 2 atom stereocenters. The lowest BCUT2D eigenvalue weighted by Crippen LogP contribution is -2.43. The Kier molecular flexibility index (Phi) is 7.43.